The summed E-state index contributed by atoms with van der Waals surface area (Å²) in [6.07, 6.45) is 3.92. The van der Waals surface area contributed by atoms with Crippen LogP contribution in [0.15, 0.2) is 0 Å². The van der Waals surface area contributed by atoms with E-state index in [-0.39, 0.29) is 0 Å². The topological polar surface area (TPSA) is 24.5 Å². The zero-order valence-electron chi connectivity index (χ0n) is 12.0. The average molecular weight is 242 g/mol. The first-order valence-corrected chi connectivity index (χ1v) is 7.15. The minimum atomic E-state index is 0.651. The van der Waals surface area contributed by atoms with E-state index in [1.165, 1.54) is 32.4 Å². The summed E-state index contributed by atoms with van der Waals surface area (Å²) in [5, 5.41) is 3.59. The molecule has 1 N–H and O–H groups in total. The molecule has 0 aromatic rings. The summed E-state index contributed by atoms with van der Waals surface area (Å²) in [4.78, 5) is 2.60. The van der Waals surface area contributed by atoms with Gasteiger partial charge in [0.1, 0.15) is 0 Å². The Labute approximate surface area is 107 Å². The summed E-state index contributed by atoms with van der Waals surface area (Å²) < 4.78 is 5.24. The van der Waals surface area contributed by atoms with Crippen molar-refractivity contribution in [3.63, 3.8) is 0 Å². The molecule has 17 heavy (non-hydrogen) atoms. The lowest BCUT2D eigenvalue weighted by Gasteiger charge is -2.34. The Hall–Kier alpha value is -0.120. The molecule has 3 unspecified atom stereocenters. The molecule has 3 heteroatoms. The van der Waals surface area contributed by atoms with Gasteiger partial charge in [-0.3, -0.25) is 4.90 Å². The molecule has 0 aliphatic carbocycles. The maximum atomic E-state index is 5.24. The number of rotatable bonds is 8. The monoisotopic (exact) mass is 242 g/mol. The van der Waals surface area contributed by atoms with Crippen molar-refractivity contribution in [1.82, 2.24) is 10.2 Å². The van der Waals surface area contributed by atoms with Gasteiger partial charge in [-0.1, -0.05) is 20.3 Å². The third-order valence-electron chi connectivity index (χ3n) is 4.24. The van der Waals surface area contributed by atoms with E-state index < -0.39 is 0 Å². The van der Waals surface area contributed by atoms with Crippen molar-refractivity contribution >= 4 is 0 Å². The number of nitrogens with one attached hydrogen (secondary N) is 1. The van der Waals surface area contributed by atoms with Gasteiger partial charge >= 0.3 is 0 Å². The lowest BCUT2D eigenvalue weighted by molar-refractivity contribution is 0.0962. The highest BCUT2D eigenvalue weighted by molar-refractivity contribution is 4.81. The fraction of sp³-hybridized carbons (Fsp3) is 1.00. The lowest BCUT2D eigenvalue weighted by atomic mass is 9.98. The zero-order chi connectivity index (χ0) is 12.7. The third kappa shape index (κ3) is 4.94. The van der Waals surface area contributed by atoms with Gasteiger partial charge in [0.25, 0.3) is 0 Å². The fourth-order valence-electron chi connectivity index (χ4n) is 2.57. The maximum Gasteiger partial charge on any atom is 0.0589 e. The van der Waals surface area contributed by atoms with Crippen LogP contribution in [0.4, 0.5) is 0 Å². The van der Waals surface area contributed by atoms with Gasteiger partial charge in [-0.05, 0) is 32.2 Å². The second-order valence-electron chi connectivity index (χ2n) is 5.41. The Balaban J connectivity index is 2.45. The van der Waals surface area contributed by atoms with Crippen molar-refractivity contribution in [2.24, 2.45) is 5.92 Å². The molecule has 3 nitrogen and oxygen atoms in total. The number of hydrogen-bond donors (Lipinski definition) is 1. The molecule has 0 aromatic carbocycles. The van der Waals surface area contributed by atoms with Crippen LogP contribution in [-0.2, 0) is 4.74 Å². The van der Waals surface area contributed by atoms with E-state index in [9.17, 15) is 0 Å². The fourth-order valence-corrected chi connectivity index (χ4v) is 2.57. The molecule has 0 spiro atoms. The normalized spacial score (nSPS) is 24.2. The Morgan fingerprint density at radius 2 is 2.18 bits per heavy atom. The standard InChI is InChI=1S/C14H30N2O/c1-5-12(2)13(3)16(9-10-17-4)11-14-7-6-8-15-14/h12-15H,5-11H2,1-4H3. The molecule has 0 bridgehead atoms. The molecular weight excluding hydrogens is 212 g/mol. The Kier molecular flexibility index (Phi) is 7.09. The average Bonchev–Trinajstić information content (AvgIpc) is 2.85. The van der Waals surface area contributed by atoms with Crippen LogP contribution in [0.5, 0.6) is 0 Å². The molecular formula is C14H30N2O. The van der Waals surface area contributed by atoms with Crippen LogP contribution < -0.4 is 5.32 Å². The van der Waals surface area contributed by atoms with Gasteiger partial charge in [0, 0.05) is 32.3 Å². The minimum Gasteiger partial charge on any atom is -0.383 e. The zero-order valence-corrected chi connectivity index (χ0v) is 12.0. The largest absolute Gasteiger partial charge is 0.383 e. The first-order valence-electron chi connectivity index (χ1n) is 7.15. The van der Waals surface area contributed by atoms with Crippen molar-refractivity contribution in [3.05, 3.63) is 0 Å². The van der Waals surface area contributed by atoms with E-state index in [2.05, 4.69) is 31.0 Å². The van der Waals surface area contributed by atoms with Crippen LogP contribution in [0, 0.1) is 5.92 Å². The molecule has 0 amide bonds. The lowest BCUT2D eigenvalue weighted by Crippen LogP contribution is -2.46. The smallest absolute Gasteiger partial charge is 0.0589 e. The van der Waals surface area contributed by atoms with Crippen molar-refractivity contribution in [2.45, 2.75) is 52.1 Å². The number of ether oxygens (including phenoxy) is 1. The second-order valence-corrected chi connectivity index (χ2v) is 5.41. The summed E-state index contributed by atoms with van der Waals surface area (Å²) in [5.74, 6) is 0.758. The van der Waals surface area contributed by atoms with Crippen molar-refractivity contribution < 1.29 is 4.74 Å². The van der Waals surface area contributed by atoms with Gasteiger partial charge in [-0.2, -0.15) is 0 Å². The van der Waals surface area contributed by atoms with Gasteiger partial charge in [-0.15, -0.1) is 0 Å². The molecule has 102 valence electrons. The maximum absolute atomic E-state index is 5.24. The predicted octanol–water partition coefficient (Wildman–Crippen LogP) is 2.12. The van der Waals surface area contributed by atoms with Crippen molar-refractivity contribution in [1.29, 1.82) is 0 Å². The molecule has 1 heterocycles. The van der Waals surface area contributed by atoms with E-state index in [4.69, 9.17) is 4.74 Å². The highest BCUT2D eigenvalue weighted by Crippen LogP contribution is 2.16. The third-order valence-corrected chi connectivity index (χ3v) is 4.24. The van der Waals surface area contributed by atoms with Gasteiger partial charge < -0.3 is 10.1 Å². The van der Waals surface area contributed by atoms with E-state index in [0.29, 0.717) is 12.1 Å². The van der Waals surface area contributed by atoms with E-state index in [0.717, 1.165) is 19.1 Å². The highest BCUT2D eigenvalue weighted by Gasteiger charge is 2.23. The number of methoxy groups -OCH3 is 1. The Bertz CT molecular complexity index is 193. The Morgan fingerprint density at radius 3 is 2.71 bits per heavy atom. The summed E-state index contributed by atoms with van der Waals surface area (Å²) >= 11 is 0. The van der Waals surface area contributed by atoms with Crippen LogP contribution in [0.3, 0.4) is 0 Å². The quantitative estimate of drug-likeness (QED) is 0.705. The second kappa shape index (κ2) is 8.06. The number of nitrogens with zero attached hydrogens (tertiary/aromatic N) is 1. The molecule has 1 rings (SSSR count). The minimum absolute atomic E-state index is 0.651. The van der Waals surface area contributed by atoms with E-state index in [1.54, 1.807) is 7.11 Å². The molecule has 0 radical (unpaired) electrons. The van der Waals surface area contributed by atoms with Crippen LogP contribution in [0.25, 0.3) is 0 Å². The molecule has 0 saturated carbocycles. The van der Waals surface area contributed by atoms with Crippen molar-refractivity contribution in [3.8, 4) is 0 Å². The molecule has 1 saturated heterocycles. The van der Waals surface area contributed by atoms with Gasteiger partial charge in [0.2, 0.25) is 0 Å². The van der Waals surface area contributed by atoms with Gasteiger partial charge in [0.15, 0.2) is 0 Å². The molecule has 3 atom stereocenters. The summed E-state index contributed by atoms with van der Waals surface area (Å²) in [7, 11) is 1.79. The van der Waals surface area contributed by atoms with Crippen LogP contribution in [0.1, 0.15) is 40.0 Å². The van der Waals surface area contributed by atoms with Crippen LogP contribution in [-0.4, -0.2) is 50.3 Å². The first-order chi connectivity index (χ1) is 8.19. The predicted molar refractivity (Wildman–Crippen MR) is 73.4 cm³/mol. The van der Waals surface area contributed by atoms with Gasteiger partial charge in [-0.25, -0.2) is 0 Å². The van der Waals surface area contributed by atoms with Crippen LogP contribution >= 0.6 is 0 Å². The molecule has 0 aromatic heterocycles. The van der Waals surface area contributed by atoms with E-state index in [1.807, 2.05) is 0 Å². The summed E-state index contributed by atoms with van der Waals surface area (Å²) in [6.45, 7) is 11.3. The Morgan fingerprint density at radius 1 is 1.41 bits per heavy atom. The summed E-state index contributed by atoms with van der Waals surface area (Å²) in [6, 6.07) is 1.34. The summed E-state index contributed by atoms with van der Waals surface area (Å²) in [5.41, 5.74) is 0. The highest BCUT2D eigenvalue weighted by atomic mass is 16.5. The number of hydrogen-bond acceptors (Lipinski definition) is 3. The van der Waals surface area contributed by atoms with Gasteiger partial charge in [0.05, 0.1) is 6.61 Å². The van der Waals surface area contributed by atoms with E-state index >= 15 is 0 Å². The molecule has 1 fully saturated rings. The molecule has 1 aliphatic rings. The molecule has 1 aliphatic heterocycles. The first kappa shape index (κ1) is 14.9. The SMILES string of the molecule is CCC(C)C(C)N(CCOC)CC1CCCN1. The van der Waals surface area contributed by atoms with Crippen LogP contribution in [0.2, 0.25) is 0 Å². The van der Waals surface area contributed by atoms with Crippen molar-refractivity contribution in [2.75, 3.05) is 33.4 Å².